The average molecular weight is 420 g/mol. The van der Waals surface area contributed by atoms with Gasteiger partial charge >= 0.3 is 0 Å². The van der Waals surface area contributed by atoms with E-state index in [-0.39, 0.29) is 12.2 Å². The number of halogens is 1. The van der Waals surface area contributed by atoms with Crippen molar-refractivity contribution in [2.75, 3.05) is 38.2 Å². The van der Waals surface area contributed by atoms with Gasteiger partial charge in [0.25, 0.3) is 5.56 Å². The van der Waals surface area contributed by atoms with E-state index >= 15 is 0 Å². The Bertz CT molecular complexity index is 1080. The molecule has 0 saturated carbocycles. The highest BCUT2D eigenvalue weighted by atomic mass is 35.5. The maximum Gasteiger partial charge on any atom is 0.268 e. The monoisotopic (exact) mass is 419 g/mol. The molecule has 3 aromatic rings. The summed E-state index contributed by atoms with van der Waals surface area (Å²) >= 11 is 7.84. The first-order valence-electron chi connectivity index (χ1n) is 9.53. The third-order valence-electron chi connectivity index (χ3n) is 5.26. The highest BCUT2D eigenvalue weighted by molar-refractivity contribution is 7.18. The number of anilines is 1. The summed E-state index contributed by atoms with van der Waals surface area (Å²) in [6, 6.07) is 7.28. The molecule has 2 aromatic heterocycles. The van der Waals surface area contributed by atoms with Crippen LogP contribution in [0.3, 0.4) is 0 Å². The maximum absolute atomic E-state index is 13.7. The minimum atomic E-state index is -0.0595. The summed E-state index contributed by atoms with van der Waals surface area (Å²) in [7, 11) is 2.18. The Labute approximate surface area is 172 Å². The molecule has 1 aliphatic rings. The van der Waals surface area contributed by atoms with Crippen molar-refractivity contribution < 1.29 is 10.0 Å². The predicted octanol–water partition coefficient (Wildman–Crippen LogP) is 1.49. The Morgan fingerprint density at radius 3 is 2.96 bits per heavy atom. The Hall–Kier alpha value is -1.93. The first kappa shape index (κ1) is 19.4. The van der Waals surface area contributed by atoms with Crippen molar-refractivity contribution in [3.05, 3.63) is 50.1 Å². The first-order chi connectivity index (χ1) is 13.5. The van der Waals surface area contributed by atoms with E-state index in [4.69, 9.17) is 16.6 Å². The zero-order chi connectivity index (χ0) is 19.8. The predicted molar refractivity (Wildman–Crippen MR) is 114 cm³/mol. The number of fused-ring (bicyclic) bond motifs is 3. The maximum atomic E-state index is 13.7. The van der Waals surface area contributed by atoms with E-state index in [0.29, 0.717) is 29.7 Å². The van der Waals surface area contributed by atoms with Crippen LogP contribution in [-0.2, 0) is 13.0 Å². The standard InChI is InChI=1S/C20H23ClN4O2S/c1-3-24(9-10-26)20-22-18-17(15-7-8-23(2)12-16(15)28-18)19(27)25(20)14-6-4-5-13(21)11-14/h4-6,11,26H,3,7-10,12H2,1-2H3/p+1. The van der Waals surface area contributed by atoms with E-state index < -0.39 is 0 Å². The van der Waals surface area contributed by atoms with Crippen LogP contribution in [0.15, 0.2) is 29.1 Å². The van der Waals surface area contributed by atoms with E-state index in [1.807, 2.05) is 24.0 Å². The van der Waals surface area contributed by atoms with Gasteiger partial charge in [0.1, 0.15) is 11.4 Å². The molecule has 28 heavy (non-hydrogen) atoms. The number of benzene rings is 1. The molecule has 1 aliphatic heterocycles. The largest absolute Gasteiger partial charge is 0.395 e. The smallest absolute Gasteiger partial charge is 0.268 e. The molecule has 6 nitrogen and oxygen atoms in total. The Morgan fingerprint density at radius 1 is 1.43 bits per heavy atom. The SMILES string of the molecule is CCN(CCO)c1nc2sc3c(c2c(=O)n1-c1cccc(Cl)c1)CC[NH+](C)C3. The molecule has 0 fully saturated rings. The van der Waals surface area contributed by atoms with Crippen LogP contribution in [0.2, 0.25) is 5.02 Å². The Kier molecular flexibility index (Phi) is 5.42. The number of hydrogen-bond acceptors (Lipinski definition) is 5. The lowest BCUT2D eigenvalue weighted by Gasteiger charge is -2.24. The van der Waals surface area contributed by atoms with Gasteiger partial charge < -0.3 is 14.9 Å². The lowest BCUT2D eigenvalue weighted by Crippen LogP contribution is -3.08. The summed E-state index contributed by atoms with van der Waals surface area (Å²) in [5.41, 5.74) is 1.78. The summed E-state index contributed by atoms with van der Waals surface area (Å²) in [6.45, 7) is 4.97. The Balaban J connectivity index is 2.03. The third-order valence-corrected chi connectivity index (χ3v) is 6.62. The van der Waals surface area contributed by atoms with E-state index in [2.05, 4.69) is 7.05 Å². The van der Waals surface area contributed by atoms with Crippen LogP contribution in [0.25, 0.3) is 15.9 Å². The molecular formula is C20H24ClN4O2S+. The minimum Gasteiger partial charge on any atom is -0.395 e. The van der Waals surface area contributed by atoms with E-state index in [0.717, 1.165) is 35.3 Å². The molecule has 0 saturated heterocycles. The number of aliphatic hydroxyl groups is 1. The van der Waals surface area contributed by atoms with Gasteiger partial charge in [-0.2, -0.15) is 0 Å². The molecular weight excluding hydrogens is 396 g/mol. The van der Waals surface area contributed by atoms with Crippen LogP contribution in [0, 0.1) is 0 Å². The van der Waals surface area contributed by atoms with Crippen molar-refractivity contribution in [2.24, 2.45) is 0 Å². The quantitative estimate of drug-likeness (QED) is 0.657. The number of nitrogens with one attached hydrogen (secondary N) is 1. The van der Waals surface area contributed by atoms with Crippen molar-refractivity contribution in [2.45, 2.75) is 19.9 Å². The van der Waals surface area contributed by atoms with Gasteiger partial charge in [-0.25, -0.2) is 9.55 Å². The second-order valence-corrected chi connectivity index (χ2v) is 8.67. The molecule has 0 amide bonds. The molecule has 148 valence electrons. The fourth-order valence-corrected chi connectivity index (χ4v) is 5.33. The highest BCUT2D eigenvalue weighted by Crippen LogP contribution is 2.31. The van der Waals surface area contributed by atoms with Gasteiger partial charge in [0.2, 0.25) is 5.95 Å². The summed E-state index contributed by atoms with van der Waals surface area (Å²) in [5, 5.41) is 10.8. The molecule has 8 heteroatoms. The van der Waals surface area contributed by atoms with Crippen molar-refractivity contribution in [1.29, 1.82) is 0 Å². The van der Waals surface area contributed by atoms with Crippen molar-refractivity contribution in [1.82, 2.24) is 9.55 Å². The Morgan fingerprint density at radius 2 is 2.25 bits per heavy atom. The van der Waals surface area contributed by atoms with Crippen LogP contribution in [-0.4, -0.2) is 47.9 Å². The van der Waals surface area contributed by atoms with Crippen LogP contribution in [0.4, 0.5) is 5.95 Å². The van der Waals surface area contributed by atoms with Gasteiger partial charge in [0.15, 0.2) is 0 Å². The van der Waals surface area contributed by atoms with Gasteiger partial charge in [0.05, 0.1) is 36.2 Å². The fourth-order valence-electron chi connectivity index (χ4n) is 3.83. The van der Waals surface area contributed by atoms with Gasteiger partial charge in [-0.05, 0) is 30.7 Å². The molecule has 0 bridgehead atoms. The number of aromatic nitrogens is 2. The lowest BCUT2D eigenvalue weighted by molar-refractivity contribution is -0.895. The number of thiophene rings is 1. The molecule has 0 aliphatic carbocycles. The molecule has 1 atom stereocenters. The number of likely N-dealkylation sites (N-methyl/N-ethyl adjacent to an activating group) is 2. The van der Waals surface area contributed by atoms with Gasteiger partial charge in [-0.15, -0.1) is 11.3 Å². The van der Waals surface area contributed by atoms with Crippen LogP contribution >= 0.6 is 22.9 Å². The van der Waals surface area contributed by atoms with Crippen molar-refractivity contribution in [3.8, 4) is 5.69 Å². The molecule has 1 unspecified atom stereocenters. The van der Waals surface area contributed by atoms with Crippen LogP contribution in [0.5, 0.6) is 0 Å². The molecule has 4 rings (SSSR count). The number of nitrogens with zero attached hydrogens (tertiary/aromatic N) is 3. The number of hydrogen-bond donors (Lipinski definition) is 2. The molecule has 2 N–H and O–H groups in total. The topological polar surface area (TPSA) is 62.8 Å². The zero-order valence-corrected chi connectivity index (χ0v) is 17.6. The van der Waals surface area contributed by atoms with Crippen molar-refractivity contribution >= 4 is 39.1 Å². The summed E-state index contributed by atoms with van der Waals surface area (Å²) in [6.07, 6.45) is 0.890. The summed E-state index contributed by atoms with van der Waals surface area (Å²) in [4.78, 5) is 24.0. The molecule has 3 heterocycles. The van der Waals surface area contributed by atoms with Crippen molar-refractivity contribution in [3.63, 3.8) is 0 Å². The molecule has 0 spiro atoms. The molecule has 1 aromatic carbocycles. The van der Waals surface area contributed by atoms with Crippen LogP contribution in [0.1, 0.15) is 17.4 Å². The minimum absolute atomic E-state index is 0.00755. The van der Waals surface area contributed by atoms with E-state index in [9.17, 15) is 9.90 Å². The summed E-state index contributed by atoms with van der Waals surface area (Å²) < 4.78 is 1.64. The highest BCUT2D eigenvalue weighted by Gasteiger charge is 2.27. The zero-order valence-electron chi connectivity index (χ0n) is 16.0. The average Bonchev–Trinajstić information content (AvgIpc) is 3.03. The van der Waals surface area contributed by atoms with Gasteiger partial charge in [0, 0.05) is 24.5 Å². The lowest BCUT2D eigenvalue weighted by atomic mass is 10.1. The van der Waals surface area contributed by atoms with Gasteiger partial charge in [-0.1, -0.05) is 17.7 Å². The fraction of sp³-hybridized carbons (Fsp3) is 0.400. The van der Waals surface area contributed by atoms with E-state index in [1.165, 1.54) is 9.78 Å². The number of rotatable bonds is 5. The first-order valence-corrected chi connectivity index (χ1v) is 10.7. The third kappa shape index (κ3) is 3.33. The van der Waals surface area contributed by atoms with Gasteiger partial charge in [-0.3, -0.25) is 4.79 Å². The van der Waals surface area contributed by atoms with E-state index in [1.54, 1.807) is 28.0 Å². The second kappa shape index (κ2) is 7.83. The molecule has 0 radical (unpaired) electrons. The number of aliphatic hydroxyl groups excluding tert-OH is 1. The normalized spacial score (nSPS) is 16.4. The van der Waals surface area contributed by atoms with Crippen LogP contribution < -0.4 is 15.4 Å². The second-order valence-electron chi connectivity index (χ2n) is 7.15. The number of quaternary nitrogens is 1. The summed E-state index contributed by atoms with van der Waals surface area (Å²) in [5.74, 6) is 0.551.